The summed E-state index contributed by atoms with van der Waals surface area (Å²) in [4.78, 5) is 12.1. The monoisotopic (exact) mass is 330 g/mol. The molecule has 2 amide bonds. The molecule has 2 atom stereocenters. The Hall–Kier alpha value is -2.50. The second-order valence-corrected chi connectivity index (χ2v) is 6.16. The smallest absolute Gasteiger partial charge is 0.315 e. The van der Waals surface area contributed by atoms with Crippen LogP contribution in [0.1, 0.15) is 36.7 Å². The van der Waals surface area contributed by atoms with E-state index in [9.17, 15) is 4.79 Å². The molecule has 0 fully saturated rings. The van der Waals surface area contributed by atoms with Crippen molar-refractivity contribution in [1.29, 1.82) is 0 Å². The number of aryl methyl sites for hydroxylation is 3. The number of aromatic nitrogens is 2. The fraction of sp³-hybridized carbons (Fsp3) is 0.444. The van der Waals surface area contributed by atoms with Gasteiger partial charge in [0.2, 0.25) is 0 Å². The van der Waals surface area contributed by atoms with E-state index < -0.39 is 0 Å². The second-order valence-electron chi connectivity index (χ2n) is 6.16. The number of rotatable bonds is 6. The quantitative estimate of drug-likeness (QED) is 0.856. The fourth-order valence-electron chi connectivity index (χ4n) is 2.57. The van der Waals surface area contributed by atoms with E-state index in [0.29, 0.717) is 6.54 Å². The first-order valence-electron chi connectivity index (χ1n) is 8.13. The molecule has 0 spiro atoms. The van der Waals surface area contributed by atoms with Crippen molar-refractivity contribution in [3.8, 4) is 5.75 Å². The molecule has 130 valence electrons. The second kappa shape index (κ2) is 7.86. The molecule has 6 nitrogen and oxygen atoms in total. The van der Waals surface area contributed by atoms with Gasteiger partial charge in [0.15, 0.2) is 0 Å². The lowest BCUT2D eigenvalue weighted by Crippen LogP contribution is -2.41. The first-order valence-corrected chi connectivity index (χ1v) is 8.13. The number of urea groups is 1. The average Bonchev–Trinajstić information content (AvgIpc) is 2.84. The van der Waals surface area contributed by atoms with Crippen molar-refractivity contribution in [3.63, 3.8) is 0 Å². The lowest BCUT2D eigenvalue weighted by Gasteiger charge is -2.18. The molecule has 0 aliphatic heterocycles. The lowest BCUT2D eigenvalue weighted by molar-refractivity contribution is 0.206. The minimum atomic E-state index is -0.217. The Morgan fingerprint density at radius 1 is 1.33 bits per heavy atom. The van der Waals surface area contributed by atoms with Crippen LogP contribution >= 0.6 is 0 Å². The maximum absolute atomic E-state index is 12.1. The van der Waals surface area contributed by atoms with Gasteiger partial charge in [0.1, 0.15) is 11.9 Å². The number of amides is 2. The molecule has 2 N–H and O–H groups in total. The van der Waals surface area contributed by atoms with Gasteiger partial charge in [0, 0.05) is 18.8 Å². The van der Waals surface area contributed by atoms with Crippen molar-refractivity contribution in [3.05, 3.63) is 47.3 Å². The molecule has 0 radical (unpaired) electrons. The first-order chi connectivity index (χ1) is 11.3. The number of nitrogens with zero attached hydrogens (tertiary/aromatic N) is 2. The molecular formula is C18H26N4O2. The Kier molecular flexibility index (Phi) is 5.84. The van der Waals surface area contributed by atoms with Gasteiger partial charge in [-0.1, -0.05) is 12.1 Å². The van der Waals surface area contributed by atoms with Crippen LogP contribution in [0.15, 0.2) is 30.5 Å². The van der Waals surface area contributed by atoms with Crippen LogP contribution in [0.3, 0.4) is 0 Å². The van der Waals surface area contributed by atoms with Crippen LogP contribution < -0.4 is 15.4 Å². The molecule has 1 aromatic carbocycles. The molecule has 0 saturated carbocycles. The van der Waals surface area contributed by atoms with Crippen LogP contribution in [0, 0.1) is 13.8 Å². The zero-order valence-corrected chi connectivity index (χ0v) is 15.0. The van der Waals surface area contributed by atoms with Crippen molar-refractivity contribution in [2.45, 2.75) is 39.8 Å². The van der Waals surface area contributed by atoms with Crippen LogP contribution in [0.4, 0.5) is 4.79 Å². The van der Waals surface area contributed by atoms with Gasteiger partial charge >= 0.3 is 6.03 Å². The highest BCUT2D eigenvalue weighted by molar-refractivity contribution is 5.74. The topological polar surface area (TPSA) is 68.2 Å². The fourth-order valence-corrected chi connectivity index (χ4v) is 2.57. The van der Waals surface area contributed by atoms with Gasteiger partial charge in [-0.15, -0.1) is 0 Å². The highest BCUT2D eigenvalue weighted by Crippen LogP contribution is 2.15. The summed E-state index contributed by atoms with van der Waals surface area (Å²) in [5.41, 5.74) is 3.07. The van der Waals surface area contributed by atoms with Crippen molar-refractivity contribution < 1.29 is 9.53 Å². The molecular weight excluding hydrogens is 304 g/mol. The Labute approximate surface area is 143 Å². The number of hydrogen-bond acceptors (Lipinski definition) is 3. The molecule has 24 heavy (non-hydrogen) atoms. The van der Waals surface area contributed by atoms with E-state index in [2.05, 4.69) is 15.7 Å². The van der Waals surface area contributed by atoms with Crippen LogP contribution in [-0.2, 0) is 7.05 Å². The highest BCUT2D eigenvalue weighted by atomic mass is 16.5. The molecule has 0 saturated heterocycles. The van der Waals surface area contributed by atoms with Gasteiger partial charge in [-0.05, 0) is 45.4 Å². The minimum absolute atomic E-state index is 0.105. The van der Waals surface area contributed by atoms with Crippen LogP contribution in [0.2, 0.25) is 0 Å². The van der Waals surface area contributed by atoms with E-state index in [1.54, 1.807) is 4.68 Å². The Morgan fingerprint density at radius 3 is 2.71 bits per heavy atom. The van der Waals surface area contributed by atoms with E-state index in [4.69, 9.17) is 4.74 Å². The zero-order valence-electron chi connectivity index (χ0n) is 15.0. The molecule has 0 bridgehead atoms. The summed E-state index contributed by atoms with van der Waals surface area (Å²) in [7, 11) is 1.87. The predicted octanol–water partition coefficient (Wildman–Crippen LogP) is 2.86. The van der Waals surface area contributed by atoms with Gasteiger partial charge in [0.05, 0.1) is 18.3 Å². The van der Waals surface area contributed by atoms with Crippen molar-refractivity contribution in [2.75, 3.05) is 6.54 Å². The van der Waals surface area contributed by atoms with Gasteiger partial charge < -0.3 is 15.4 Å². The molecule has 6 heteroatoms. The number of nitrogens with one attached hydrogen (secondary N) is 2. The molecule has 0 aliphatic rings. The molecule has 2 rings (SSSR count). The Bertz CT molecular complexity index is 696. The van der Waals surface area contributed by atoms with Crippen LogP contribution in [0.25, 0.3) is 0 Å². The Balaban J connectivity index is 1.79. The molecule has 1 heterocycles. The molecule has 1 aromatic heterocycles. The average molecular weight is 330 g/mol. The normalized spacial score (nSPS) is 13.2. The predicted molar refractivity (Wildman–Crippen MR) is 94.2 cm³/mol. The number of carbonyl (C=O) groups is 1. The number of hydrogen-bond donors (Lipinski definition) is 2. The van der Waals surface area contributed by atoms with E-state index in [-0.39, 0.29) is 18.2 Å². The maximum Gasteiger partial charge on any atom is 0.315 e. The summed E-state index contributed by atoms with van der Waals surface area (Å²) in [6.45, 7) is 8.25. The van der Waals surface area contributed by atoms with Crippen molar-refractivity contribution >= 4 is 6.03 Å². The summed E-state index contributed by atoms with van der Waals surface area (Å²) < 4.78 is 7.55. The molecule has 2 unspecified atom stereocenters. The van der Waals surface area contributed by atoms with Crippen LogP contribution in [0.5, 0.6) is 5.75 Å². The summed E-state index contributed by atoms with van der Waals surface area (Å²) in [5, 5.41) is 10.1. The number of benzene rings is 1. The summed E-state index contributed by atoms with van der Waals surface area (Å²) >= 11 is 0. The summed E-state index contributed by atoms with van der Waals surface area (Å²) in [6, 6.07) is 7.54. The Morgan fingerprint density at radius 2 is 2.08 bits per heavy atom. The lowest BCUT2D eigenvalue weighted by atomic mass is 10.1. The van der Waals surface area contributed by atoms with E-state index >= 15 is 0 Å². The van der Waals surface area contributed by atoms with Gasteiger partial charge in [-0.25, -0.2) is 4.79 Å². The maximum atomic E-state index is 12.1. The summed E-state index contributed by atoms with van der Waals surface area (Å²) in [5.74, 6) is 0.809. The zero-order chi connectivity index (χ0) is 17.7. The van der Waals surface area contributed by atoms with Gasteiger partial charge in [-0.2, -0.15) is 5.10 Å². The largest absolute Gasteiger partial charge is 0.489 e. The summed E-state index contributed by atoms with van der Waals surface area (Å²) in [6.07, 6.45) is 1.80. The van der Waals surface area contributed by atoms with Gasteiger partial charge in [-0.3, -0.25) is 4.68 Å². The standard InChI is InChI=1S/C18H26N4O2/c1-12-7-6-8-16(9-12)24-13(2)10-19-18(23)20-14(3)17-11-22(5)21-15(17)4/h6-9,11,13-14H,10H2,1-5H3,(H2,19,20,23). The first kappa shape index (κ1) is 17.8. The van der Waals surface area contributed by atoms with Crippen molar-refractivity contribution in [1.82, 2.24) is 20.4 Å². The van der Waals surface area contributed by atoms with Crippen LogP contribution in [-0.4, -0.2) is 28.5 Å². The SMILES string of the molecule is Cc1cccc(OC(C)CNC(=O)NC(C)c2cn(C)nc2C)c1. The third-order valence-corrected chi connectivity index (χ3v) is 3.74. The van der Waals surface area contributed by atoms with Gasteiger partial charge in [0.25, 0.3) is 0 Å². The molecule has 0 aliphatic carbocycles. The van der Waals surface area contributed by atoms with E-state index in [0.717, 1.165) is 22.6 Å². The van der Waals surface area contributed by atoms with E-state index in [1.165, 1.54) is 0 Å². The third kappa shape index (κ3) is 5.01. The number of ether oxygens (including phenoxy) is 1. The minimum Gasteiger partial charge on any atom is -0.489 e. The third-order valence-electron chi connectivity index (χ3n) is 3.74. The van der Waals surface area contributed by atoms with E-state index in [1.807, 2.05) is 65.2 Å². The highest BCUT2D eigenvalue weighted by Gasteiger charge is 2.15. The van der Waals surface area contributed by atoms with Crippen molar-refractivity contribution in [2.24, 2.45) is 7.05 Å². The number of carbonyl (C=O) groups excluding carboxylic acids is 1. The molecule has 2 aromatic rings.